The Morgan fingerprint density at radius 3 is 2.27 bits per heavy atom. The molecule has 1 saturated heterocycles. The van der Waals surface area contributed by atoms with Crippen molar-refractivity contribution < 1.29 is 36.7 Å². The van der Waals surface area contributed by atoms with E-state index >= 15 is 0 Å². The average Bonchev–Trinajstić information content (AvgIpc) is 3.23. The van der Waals surface area contributed by atoms with E-state index in [2.05, 4.69) is 5.32 Å². The lowest BCUT2D eigenvalue weighted by atomic mass is 9.79. The highest BCUT2D eigenvalue weighted by Gasteiger charge is 2.66. The van der Waals surface area contributed by atoms with E-state index in [0.717, 1.165) is 0 Å². The van der Waals surface area contributed by atoms with Gasteiger partial charge in [-0.2, -0.15) is 13.2 Å². The number of rotatable bonds is 4. The zero-order valence-corrected chi connectivity index (χ0v) is 17.2. The number of amides is 2. The molecule has 0 spiro atoms. The zero-order chi connectivity index (χ0) is 24.0. The first-order valence-electron chi connectivity index (χ1n) is 9.53. The predicted octanol–water partition coefficient (Wildman–Crippen LogP) is 4.84. The van der Waals surface area contributed by atoms with Gasteiger partial charge >= 0.3 is 12.2 Å². The number of benzene rings is 2. The van der Waals surface area contributed by atoms with Crippen LogP contribution in [0.1, 0.15) is 22.2 Å². The highest BCUT2D eigenvalue weighted by atomic mass is 35.5. The van der Waals surface area contributed by atoms with E-state index in [0.29, 0.717) is 5.56 Å². The maximum Gasteiger partial charge on any atom is 0.437 e. The van der Waals surface area contributed by atoms with Gasteiger partial charge in [0.2, 0.25) is 5.72 Å². The SMILES string of the molecule is O=C1N[C@H](c2ccc(-c3ccc(F)cc3)o2)[C@H](C(=O)c2ccc(Cl)cc2)[C@](O)(C(F)(F)F)N1. The number of furan rings is 1. The molecule has 0 aliphatic carbocycles. The molecule has 0 unspecified atom stereocenters. The van der Waals surface area contributed by atoms with E-state index in [1.807, 2.05) is 0 Å². The van der Waals surface area contributed by atoms with E-state index in [4.69, 9.17) is 16.0 Å². The van der Waals surface area contributed by atoms with Gasteiger partial charge in [-0.15, -0.1) is 0 Å². The lowest BCUT2D eigenvalue weighted by Gasteiger charge is -2.44. The summed E-state index contributed by atoms with van der Waals surface area (Å²) in [6, 6.07) is 9.79. The number of aliphatic hydroxyl groups is 1. The monoisotopic (exact) mass is 482 g/mol. The van der Waals surface area contributed by atoms with Crippen molar-refractivity contribution in [3.05, 3.63) is 82.8 Å². The van der Waals surface area contributed by atoms with Crippen LogP contribution >= 0.6 is 11.6 Å². The topological polar surface area (TPSA) is 91.6 Å². The molecule has 0 radical (unpaired) electrons. The molecule has 6 nitrogen and oxygen atoms in total. The summed E-state index contributed by atoms with van der Waals surface area (Å²) >= 11 is 5.80. The molecule has 172 valence electrons. The van der Waals surface area contributed by atoms with Crippen molar-refractivity contribution in [3.63, 3.8) is 0 Å². The maximum absolute atomic E-state index is 14.0. The fraction of sp³-hybridized carbons (Fsp3) is 0.182. The van der Waals surface area contributed by atoms with Crippen molar-refractivity contribution in [3.8, 4) is 11.3 Å². The van der Waals surface area contributed by atoms with E-state index in [9.17, 15) is 32.3 Å². The number of Topliss-reactive ketones (excluding diaryl/α,β-unsaturated/α-hetero) is 1. The Morgan fingerprint density at radius 1 is 1.03 bits per heavy atom. The lowest BCUT2D eigenvalue weighted by Crippen LogP contribution is -2.72. The number of nitrogens with one attached hydrogen (secondary N) is 2. The van der Waals surface area contributed by atoms with Gasteiger partial charge in [0.15, 0.2) is 5.78 Å². The highest BCUT2D eigenvalue weighted by molar-refractivity contribution is 6.30. The third-order valence-electron chi connectivity index (χ3n) is 5.28. The largest absolute Gasteiger partial charge is 0.459 e. The molecule has 0 saturated carbocycles. The van der Waals surface area contributed by atoms with Crippen LogP contribution in [-0.2, 0) is 0 Å². The molecular weight excluding hydrogens is 468 g/mol. The van der Waals surface area contributed by atoms with E-state index in [1.54, 1.807) is 0 Å². The summed E-state index contributed by atoms with van der Waals surface area (Å²) < 4.78 is 60.7. The number of ketones is 1. The molecule has 0 bridgehead atoms. The molecule has 33 heavy (non-hydrogen) atoms. The van der Waals surface area contributed by atoms with Gasteiger partial charge < -0.3 is 20.2 Å². The second-order valence-electron chi connectivity index (χ2n) is 7.40. The second-order valence-corrected chi connectivity index (χ2v) is 7.83. The second kappa shape index (κ2) is 8.20. The molecule has 1 aliphatic rings. The normalized spacial score (nSPS) is 23.0. The number of hydrogen-bond donors (Lipinski definition) is 3. The first kappa shape index (κ1) is 22.8. The Balaban J connectivity index is 1.80. The summed E-state index contributed by atoms with van der Waals surface area (Å²) in [6.07, 6.45) is -5.40. The number of alkyl halides is 3. The first-order chi connectivity index (χ1) is 15.5. The molecule has 3 atom stereocenters. The molecule has 1 fully saturated rings. The number of urea groups is 1. The Hall–Kier alpha value is -3.37. The minimum Gasteiger partial charge on any atom is -0.459 e. The zero-order valence-electron chi connectivity index (χ0n) is 16.5. The number of carbonyl (C=O) groups is 2. The fourth-order valence-corrected chi connectivity index (χ4v) is 3.79. The smallest absolute Gasteiger partial charge is 0.437 e. The standard InChI is InChI=1S/C22H15ClF4N2O4/c23-13-5-1-12(2-6-13)19(30)17-18(28-20(31)29-21(17,32)22(25,26)27)16-10-9-15(33-16)11-3-7-14(24)8-4-11/h1-10,17-18,32H,(H2,28,29,31)/t17-,18-,21+/m1/s1. The van der Waals surface area contributed by atoms with Gasteiger partial charge in [-0.25, -0.2) is 9.18 Å². The molecule has 3 N–H and O–H groups in total. The van der Waals surface area contributed by atoms with Gasteiger partial charge in [-0.05, 0) is 60.7 Å². The van der Waals surface area contributed by atoms with Crippen LogP contribution in [0.25, 0.3) is 11.3 Å². The first-order valence-corrected chi connectivity index (χ1v) is 9.90. The van der Waals surface area contributed by atoms with Crippen molar-refractivity contribution in [1.82, 2.24) is 10.6 Å². The van der Waals surface area contributed by atoms with Gasteiger partial charge in [-0.1, -0.05) is 11.6 Å². The van der Waals surface area contributed by atoms with Crippen LogP contribution in [0.5, 0.6) is 0 Å². The van der Waals surface area contributed by atoms with Crippen molar-refractivity contribution in [2.75, 3.05) is 0 Å². The van der Waals surface area contributed by atoms with Crippen molar-refractivity contribution in [1.29, 1.82) is 0 Å². The fourth-order valence-electron chi connectivity index (χ4n) is 3.66. The molecule has 4 rings (SSSR count). The van der Waals surface area contributed by atoms with Crippen LogP contribution in [0.4, 0.5) is 22.4 Å². The Labute approximate surface area is 189 Å². The van der Waals surface area contributed by atoms with E-state index < -0.39 is 41.5 Å². The Kier molecular flexibility index (Phi) is 5.67. The minimum atomic E-state index is -5.40. The third-order valence-corrected chi connectivity index (χ3v) is 5.53. The lowest BCUT2D eigenvalue weighted by molar-refractivity contribution is -0.288. The van der Waals surface area contributed by atoms with Gasteiger partial charge in [0.1, 0.15) is 29.3 Å². The van der Waals surface area contributed by atoms with Gasteiger partial charge in [0.05, 0.1) is 0 Å². The molecule has 2 aromatic carbocycles. The van der Waals surface area contributed by atoms with Crippen molar-refractivity contribution in [2.45, 2.75) is 17.9 Å². The number of halogens is 5. The maximum atomic E-state index is 14.0. The summed E-state index contributed by atoms with van der Waals surface area (Å²) in [6.45, 7) is 0. The molecule has 11 heteroatoms. The van der Waals surface area contributed by atoms with Gasteiger partial charge in [0, 0.05) is 16.1 Å². The molecule has 1 aromatic heterocycles. The highest BCUT2D eigenvalue weighted by Crippen LogP contribution is 2.44. The molecular formula is C22H15ClF4N2O4. The minimum absolute atomic E-state index is 0.158. The average molecular weight is 483 g/mol. The summed E-state index contributed by atoms with van der Waals surface area (Å²) in [5, 5.41) is 14.5. The summed E-state index contributed by atoms with van der Waals surface area (Å²) in [5.41, 5.74) is -3.64. The van der Waals surface area contributed by atoms with Gasteiger partial charge in [0.25, 0.3) is 0 Å². The molecule has 2 amide bonds. The van der Waals surface area contributed by atoms with Crippen molar-refractivity contribution >= 4 is 23.4 Å². The van der Waals surface area contributed by atoms with E-state index in [-0.39, 0.29) is 22.1 Å². The quantitative estimate of drug-likeness (QED) is 0.366. The molecule has 2 heterocycles. The summed E-state index contributed by atoms with van der Waals surface area (Å²) in [5.74, 6) is -3.91. The number of carbonyl (C=O) groups excluding carboxylic acids is 2. The van der Waals surface area contributed by atoms with Crippen LogP contribution < -0.4 is 10.6 Å². The number of hydrogen-bond acceptors (Lipinski definition) is 4. The predicted molar refractivity (Wildman–Crippen MR) is 109 cm³/mol. The Morgan fingerprint density at radius 2 is 1.67 bits per heavy atom. The Bertz CT molecular complexity index is 1190. The molecule has 3 aromatic rings. The van der Waals surface area contributed by atoms with Crippen LogP contribution in [0.3, 0.4) is 0 Å². The summed E-state index contributed by atoms with van der Waals surface area (Å²) in [7, 11) is 0. The van der Waals surface area contributed by atoms with Gasteiger partial charge in [-0.3, -0.25) is 4.79 Å². The third kappa shape index (κ3) is 4.19. The van der Waals surface area contributed by atoms with Crippen molar-refractivity contribution in [2.24, 2.45) is 5.92 Å². The van der Waals surface area contributed by atoms with E-state index in [1.165, 1.54) is 66.0 Å². The molecule has 1 aliphatic heterocycles. The van der Waals surface area contributed by atoms with Crippen LogP contribution in [0.15, 0.2) is 65.1 Å². The van der Waals surface area contributed by atoms with Crippen LogP contribution in [-0.4, -0.2) is 28.8 Å². The van der Waals surface area contributed by atoms with Crippen LogP contribution in [0.2, 0.25) is 5.02 Å². The summed E-state index contributed by atoms with van der Waals surface area (Å²) in [4.78, 5) is 25.3. The van der Waals surface area contributed by atoms with Crippen LogP contribution in [0, 0.1) is 11.7 Å².